The molecule has 0 unspecified atom stereocenters. The van der Waals surface area contributed by atoms with Crippen LogP contribution in [0.4, 0.5) is 0 Å². The van der Waals surface area contributed by atoms with E-state index >= 15 is 0 Å². The number of ether oxygens (including phenoxy) is 2. The highest BCUT2D eigenvalue weighted by Gasteiger charge is 2.82. The first kappa shape index (κ1) is 11.5. The van der Waals surface area contributed by atoms with Gasteiger partial charge in [-0.1, -0.05) is 0 Å². The van der Waals surface area contributed by atoms with Crippen molar-refractivity contribution < 1.29 is 19.1 Å². The van der Waals surface area contributed by atoms with Gasteiger partial charge in [0.15, 0.2) is 5.92 Å². The molecule has 0 aromatic heterocycles. The quantitative estimate of drug-likeness (QED) is 0.545. The molecular weight excluding hydrogens is 268 g/mol. The van der Waals surface area contributed by atoms with E-state index in [1.165, 1.54) is 12.8 Å². The molecule has 1 aliphatic heterocycles. The Hall–Kier alpha value is -1.06. The number of carbonyl (C=O) groups is 2. The van der Waals surface area contributed by atoms with Crippen LogP contribution in [0.15, 0.2) is 0 Å². The van der Waals surface area contributed by atoms with Gasteiger partial charge < -0.3 is 9.47 Å². The standard InChI is InChI=1S/C17H20O4/c1-17(2)20-15(18)14(16(19)21-17)13-10-6-4-7-9-5(6)3-8(10)11(9)12(7)13/h5-14H,3-4H2,1-2H3/t5-,6+,7+,8+,9+,10+,11+,12+,13-/m0/s1. The van der Waals surface area contributed by atoms with Crippen LogP contribution < -0.4 is 0 Å². The first-order chi connectivity index (χ1) is 9.98. The molecule has 5 aliphatic carbocycles. The van der Waals surface area contributed by atoms with Crippen molar-refractivity contribution >= 4 is 11.9 Å². The van der Waals surface area contributed by atoms with Crippen LogP contribution in [0.1, 0.15) is 26.7 Å². The number of cyclic esters (lactones) is 2. The van der Waals surface area contributed by atoms with E-state index < -0.39 is 11.7 Å². The molecule has 9 atom stereocenters. The number of hydrogen-bond acceptors (Lipinski definition) is 4. The first-order valence-corrected chi connectivity index (χ1v) is 8.44. The van der Waals surface area contributed by atoms with E-state index in [4.69, 9.17) is 9.47 Å². The Morgan fingerprint density at radius 2 is 1.24 bits per heavy atom. The summed E-state index contributed by atoms with van der Waals surface area (Å²) in [6.45, 7) is 3.28. The molecule has 4 nitrogen and oxygen atoms in total. The van der Waals surface area contributed by atoms with Gasteiger partial charge >= 0.3 is 11.9 Å². The van der Waals surface area contributed by atoms with Gasteiger partial charge in [0.25, 0.3) is 5.79 Å². The largest absolute Gasteiger partial charge is 0.422 e. The van der Waals surface area contributed by atoms with Crippen molar-refractivity contribution in [2.24, 2.45) is 59.2 Å². The van der Waals surface area contributed by atoms with Crippen LogP contribution in [0, 0.1) is 59.2 Å². The fourth-order valence-electron chi connectivity index (χ4n) is 8.04. The van der Waals surface area contributed by atoms with Crippen LogP contribution in [0.5, 0.6) is 0 Å². The Balaban J connectivity index is 1.41. The third kappa shape index (κ3) is 1.02. The van der Waals surface area contributed by atoms with Crippen molar-refractivity contribution in [3.8, 4) is 0 Å². The molecular formula is C17H20O4. The van der Waals surface area contributed by atoms with Crippen molar-refractivity contribution in [1.29, 1.82) is 0 Å². The van der Waals surface area contributed by atoms with E-state index in [0.717, 1.165) is 35.5 Å². The van der Waals surface area contributed by atoms with Gasteiger partial charge in [0, 0.05) is 13.8 Å². The minimum absolute atomic E-state index is 0.226. The average Bonchev–Trinajstić information content (AvgIpc) is 2.85. The van der Waals surface area contributed by atoms with E-state index in [9.17, 15) is 9.59 Å². The van der Waals surface area contributed by atoms with E-state index in [0.29, 0.717) is 11.8 Å². The lowest BCUT2D eigenvalue weighted by atomic mass is 9.55. The Morgan fingerprint density at radius 3 is 1.81 bits per heavy atom. The molecule has 4 heteroatoms. The summed E-state index contributed by atoms with van der Waals surface area (Å²) in [7, 11) is 0. The van der Waals surface area contributed by atoms with Gasteiger partial charge in [-0.2, -0.15) is 0 Å². The highest BCUT2D eigenvalue weighted by molar-refractivity contribution is 5.97. The second kappa shape index (κ2) is 3.02. The minimum Gasteiger partial charge on any atom is -0.422 e. The van der Waals surface area contributed by atoms with Gasteiger partial charge in [-0.3, -0.25) is 9.59 Å². The topological polar surface area (TPSA) is 52.6 Å². The summed E-state index contributed by atoms with van der Waals surface area (Å²) in [5.41, 5.74) is 0. The molecule has 0 radical (unpaired) electrons. The second-order valence-corrected chi connectivity index (χ2v) is 8.73. The predicted molar refractivity (Wildman–Crippen MR) is 70.4 cm³/mol. The Labute approximate surface area is 123 Å². The van der Waals surface area contributed by atoms with E-state index in [1.54, 1.807) is 13.8 Å². The molecule has 0 aromatic rings. The van der Waals surface area contributed by atoms with Gasteiger partial charge in [-0.05, 0) is 66.1 Å². The molecule has 1 heterocycles. The molecule has 0 N–H and O–H groups in total. The van der Waals surface area contributed by atoms with Crippen LogP contribution in [-0.2, 0) is 19.1 Å². The van der Waals surface area contributed by atoms with Gasteiger partial charge in [0.05, 0.1) is 0 Å². The van der Waals surface area contributed by atoms with Crippen molar-refractivity contribution in [2.75, 3.05) is 0 Å². The highest BCUT2D eigenvalue weighted by atomic mass is 16.7. The number of rotatable bonds is 1. The van der Waals surface area contributed by atoms with Crippen molar-refractivity contribution in [2.45, 2.75) is 32.5 Å². The first-order valence-electron chi connectivity index (χ1n) is 8.44. The molecule has 5 saturated carbocycles. The zero-order valence-electron chi connectivity index (χ0n) is 12.3. The maximum absolute atomic E-state index is 12.5. The average molecular weight is 288 g/mol. The van der Waals surface area contributed by atoms with E-state index in [-0.39, 0.29) is 17.9 Å². The fraction of sp³-hybridized carbons (Fsp3) is 0.882. The van der Waals surface area contributed by atoms with Gasteiger partial charge in [-0.25, -0.2) is 0 Å². The summed E-state index contributed by atoms with van der Waals surface area (Å²) in [6, 6.07) is 0. The summed E-state index contributed by atoms with van der Waals surface area (Å²) < 4.78 is 10.8. The van der Waals surface area contributed by atoms with Crippen LogP contribution in [0.25, 0.3) is 0 Å². The van der Waals surface area contributed by atoms with Gasteiger partial charge in [-0.15, -0.1) is 0 Å². The fourth-order valence-corrected chi connectivity index (χ4v) is 8.04. The second-order valence-electron chi connectivity index (χ2n) is 8.73. The number of carbonyl (C=O) groups excluding carboxylic acids is 2. The number of hydrogen-bond donors (Lipinski definition) is 0. The van der Waals surface area contributed by atoms with Crippen molar-refractivity contribution in [1.82, 2.24) is 0 Å². The minimum atomic E-state index is -1.09. The summed E-state index contributed by atoms with van der Waals surface area (Å²) in [5.74, 6) is 4.14. The molecule has 0 aromatic carbocycles. The maximum atomic E-state index is 12.5. The van der Waals surface area contributed by atoms with Crippen molar-refractivity contribution in [3.05, 3.63) is 0 Å². The summed E-state index contributed by atoms with van der Waals surface area (Å²) >= 11 is 0. The van der Waals surface area contributed by atoms with Crippen LogP contribution in [0.3, 0.4) is 0 Å². The van der Waals surface area contributed by atoms with E-state index in [1.807, 2.05) is 0 Å². The van der Waals surface area contributed by atoms with E-state index in [2.05, 4.69) is 0 Å². The molecule has 0 amide bonds. The molecule has 21 heavy (non-hydrogen) atoms. The molecule has 112 valence electrons. The third-order valence-electron chi connectivity index (χ3n) is 7.97. The SMILES string of the molecule is CC1(C)OC(=O)C([C@H]2[C@@H]3[C@@H]4C[C@@H]5[C@H]6[C@H]4C[C@H]3[C@H]6[C@@H]52)C(=O)O1. The monoisotopic (exact) mass is 288 g/mol. The highest BCUT2D eigenvalue weighted by Crippen LogP contribution is 2.85. The van der Waals surface area contributed by atoms with Crippen LogP contribution in [0.2, 0.25) is 0 Å². The van der Waals surface area contributed by atoms with Gasteiger partial charge in [0.2, 0.25) is 0 Å². The zero-order chi connectivity index (χ0) is 14.3. The van der Waals surface area contributed by atoms with Gasteiger partial charge in [0.1, 0.15) is 0 Å². The van der Waals surface area contributed by atoms with Crippen molar-refractivity contribution in [3.63, 3.8) is 0 Å². The summed E-state index contributed by atoms with van der Waals surface area (Å²) in [4.78, 5) is 25.0. The normalized spacial score (nSPS) is 61.1. The summed E-state index contributed by atoms with van der Waals surface area (Å²) in [6.07, 6.45) is 2.74. The molecule has 6 rings (SSSR count). The number of fused-ring (bicyclic) bond motifs is 2. The number of esters is 2. The molecule has 2 bridgehead atoms. The predicted octanol–water partition coefficient (Wildman–Crippen LogP) is 1.83. The lowest BCUT2D eigenvalue weighted by Gasteiger charge is -2.49. The molecule has 1 saturated heterocycles. The lowest BCUT2D eigenvalue weighted by molar-refractivity contribution is -0.246. The smallest absolute Gasteiger partial charge is 0.323 e. The molecule has 0 spiro atoms. The Bertz CT molecular complexity index is 570. The van der Waals surface area contributed by atoms with Crippen LogP contribution in [-0.4, -0.2) is 17.7 Å². The molecule has 6 aliphatic rings. The zero-order valence-corrected chi connectivity index (χ0v) is 12.3. The Kier molecular flexibility index (Phi) is 1.65. The Morgan fingerprint density at radius 1 is 0.762 bits per heavy atom. The van der Waals surface area contributed by atoms with Crippen LogP contribution >= 0.6 is 0 Å². The lowest BCUT2D eigenvalue weighted by Crippen LogP contribution is -2.54. The third-order valence-corrected chi connectivity index (χ3v) is 7.97. The molecule has 6 fully saturated rings. The maximum Gasteiger partial charge on any atom is 0.323 e. The summed E-state index contributed by atoms with van der Waals surface area (Å²) in [5, 5.41) is 0.